The van der Waals surface area contributed by atoms with Crippen LogP contribution in [0.5, 0.6) is 0 Å². The molecule has 0 unspecified atom stereocenters. The normalized spacial score (nSPS) is 18.5. The highest BCUT2D eigenvalue weighted by molar-refractivity contribution is 6.30. The molecule has 5 nitrogen and oxygen atoms in total. The summed E-state index contributed by atoms with van der Waals surface area (Å²) >= 11 is 5.91. The number of benzene rings is 1. The van der Waals surface area contributed by atoms with Gasteiger partial charge in [-0.2, -0.15) is 0 Å². The molecular formula is C16H20ClN3O2. The number of rotatable bonds is 5. The van der Waals surface area contributed by atoms with E-state index in [4.69, 9.17) is 11.6 Å². The van der Waals surface area contributed by atoms with E-state index in [1.807, 2.05) is 24.3 Å². The van der Waals surface area contributed by atoms with Crippen LogP contribution >= 0.6 is 11.6 Å². The van der Waals surface area contributed by atoms with Crippen molar-refractivity contribution < 1.29 is 9.59 Å². The van der Waals surface area contributed by atoms with Gasteiger partial charge in [-0.1, -0.05) is 23.7 Å². The number of piperazine rings is 1. The van der Waals surface area contributed by atoms with E-state index < -0.39 is 0 Å². The van der Waals surface area contributed by atoms with E-state index in [0.29, 0.717) is 25.7 Å². The molecule has 0 spiro atoms. The predicted octanol–water partition coefficient (Wildman–Crippen LogP) is 1.26. The maximum Gasteiger partial charge on any atom is 0.239 e. The van der Waals surface area contributed by atoms with Crippen molar-refractivity contribution in [2.24, 2.45) is 0 Å². The van der Waals surface area contributed by atoms with E-state index in [-0.39, 0.29) is 18.4 Å². The fraction of sp³-hybridized carbons (Fsp3) is 0.500. The molecule has 1 aliphatic heterocycles. The van der Waals surface area contributed by atoms with E-state index in [2.05, 4.69) is 10.2 Å². The second kappa shape index (κ2) is 6.67. The Morgan fingerprint density at radius 3 is 2.68 bits per heavy atom. The molecule has 0 bridgehead atoms. The highest BCUT2D eigenvalue weighted by Gasteiger charge is 2.32. The first kappa shape index (κ1) is 15.3. The van der Waals surface area contributed by atoms with Crippen LogP contribution in [0, 0.1) is 0 Å². The van der Waals surface area contributed by atoms with E-state index >= 15 is 0 Å². The minimum atomic E-state index is -0.0738. The van der Waals surface area contributed by atoms with Crippen LogP contribution in [0.3, 0.4) is 0 Å². The van der Waals surface area contributed by atoms with E-state index in [1.165, 1.54) is 0 Å². The van der Waals surface area contributed by atoms with Crippen LogP contribution in [0.4, 0.5) is 0 Å². The molecule has 1 aromatic carbocycles. The number of nitrogens with one attached hydrogen (secondary N) is 1. The lowest BCUT2D eigenvalue weighted by molar-refractivity contribution is -0.139. The smallest absolute Gasteiger partial charge is 0.239 e. The van der Waals surface area contributed by atoms with Crippen LogP contribution < -0.4 is 5.32 Å². The Kier molecular flexibility index (Phi) is 4.64. The van der Waals surface area contributed by atoms with Gasteiger partial charge in [0.2, 0.25) is 11.8 Å². The molecule has 0 radical (unpaired) electrons. The van der Waals surface area contributed by atoms with Gasteiger partial charge in [-0.3, -0.25) is 14.5 Å². The standard InChI is InChI=1S/C16H20ClN3O2/c17-13-3-1-12(2-4-13)9-20(14-5-6-14)11-16(22)19-8-7-18-15(21)10-19/h1-4,14H,5-11H2,(H,18,21). The summed E-state index contributed by atoms with van der Waals surface area (Å²) in [4.78, 5) is 27.7. The van der Waals surface area contributed by atoms with Gasteiger partial charge in [0.05, 0.1) is 13.1 Å². The molecule has 118 valence electrons. The number of amides is 2. The molecule has 22 heavy (non-hydrogen) atoms. The summed E-state index contributed by atoms with van der Waals surface area (Å²) in [6.07, 6.45) is 2.28. The van der Waals surface area contributed by atoms with Gasteiger partial charge in [-0.25, -0.2) is 0 Å². The number of hydrogen-bond donors (Lipinski definition) is 1. The lowest BCUT2D eigenvalue weighted by atomic mass is 10.2. The predicted molar refractivity (Wildman–Crippen MR) is 84.5 cm³/mol. The van der Waals surface area contributed by atoms with E-state index in [0.717, 1.165) is 30.0 Å². The van der Waals surface area contributed by atoms with Gasteiger partial charge in [0.25, 0.3) is 0 Å². The summed E-state index contributed by atoms with van der Waals surface area (Å²) in [6, 6.07) is 8.23. The summed E-state index contributed by atoms with van der Waals surface area (Å²) in [5.41, 5.74) is 1.15. The van der Waals surface area contributed by atoms with Crippen molar-refractivity contribution in [2.45, 2.75) is 25.4 Å². The largest absolute Gasteiger partial charge is 0.353 e. The lowest BCUT2D eigenvalue weighted by Crippen LogP contribution is -2.52. The van der Waals surface area contributed by atoms with Gasteiger partial charge in [-0.15, -0.1) is 0 Å². The molecule has 1 N–H and O–H groups in total. The van der Waals surface area contributed by atoms with Crippen molar-refractivity contribution in [2.75, 3.05) is 26.2 Å². The van der Waals surface area contributed by atoms with Crippen molar-refractivity contribution in [3.8, 4) is 0 Å². The van der Waals surface area contributed by atoms with Crippen molar-refractivity contribution in [3.05, 3.63) is 34.9 Å². The van der Waals surface area contributed by atoms with Crippen LogP contribution in [-0.4, -0.2) is 53.8 Å². The molecule has 2 amide bonds. The molecular weight excluding hydrogens is 302 g/mol. The van der Waals surface area contributed by atoms with E-state index in [9.17, 15) is 9.59 Å². The third kappa shape index (κ3) is 3.99. The number of carbonyl (C=O) groups is 2. The van der Waals surface area contributed by atoms with Crippen LogP contribution in [-0.2, 0) is 16.1 Å². The van der Waals surface area contributed by atoms with Crippen LogP contribution in [0.25, 0.3) is 0 Å². The van der Waals surface area contributed by atoms with Crippen LogP contribution in [0.15, 0.2) is 24.3 Å². The summed E-state index contributed by atoms with van der Waals surface area (Å²) in [6.45, 7) is 2.45. The molecule has 1 aliphatic carbocycles. The molecule has 2 aliphatic rings. The lowest BCUT2D eigenvalue weighted by Gasteiger charge is -2.30. The Morgan fingerprint density at radius 2 is 2.05 bits per heavy atom. The molecule has 1 saturated heterocycles. The van der Waals surface area contributed by atoms with Crippen LogP contribution in [0.1, 0.15) is 18.4 Å². The third-order valence-corrected chi connectivity index (χ3v) is 4.34. The van der Waals surface area contributed by atoms with Gasteiger partial charge in [-0.05, 0) is 30.5 Å². The summed E-state index contributed by atoms with van der Waals surface area (Å²) < 4.78 is 0. The number of halogens is 1. The van der Waals surface area contributed by atoms with E-state index in [1.54, 1.807) is 4.90 Å². The molecule has 1 aromatic rings. The van der Waals surface area contributed by atoms with Crippen molar-refractivity contribution >= 4 is 23.4 Å². The first-order valence-corrected chi connectivity index (χ1v) is 8.02. The molecule has 3 rings (SSSR count). The first-order chi connectivity index (χ1) is 10.6. The number of hydrogen-bond acceptors (Lipinski definition) is 3. The fourth-order valence-corrected chi connectivity index (χ4v) is 2.83. The molecule has 0 atom stereocenters. The van der Waals surface area contributed by atoms with Crippen molar-refractivity contribution in [1.29, 1.82) is 0 Å². The molecule has 0 aromatic heterocycles. The van der Waals surface area contributed by atoms with Gasteiger partial charge < -0.3 is 10.2 Å². The number of carbonyl (C=O) groups excluding carboxylic acids is 2. The van der Waals surface area contributed by atoms with Crippen molar-refractivity contribution in [3.63, 3.8) is 0 Å². The molecule has 1 heterocycles. The van der Waals surface area contributed by atoms with Gasteiger partial charge >= 0.3 is 0 Å². The average Bonchev–Trinajstić information content (AvgIpc) is 3.33. The summed E-state index contributed by atoms with van der Waals surface area (Å²) in [7, 11) is 0. The van der Waals surface area contributed by atoms with Gasteiger partial charge in [0.1, 0.15) is 0 Å². The zero-order valence-corrected chi connectivity index (χ0v) is 13.2. The summed E-state index contributed by atoms with van der Waals surface area (Å²) in [5.74, 6) is -0.0361. The Hall–Kier alpha value is -1.59. The SMILES string of the molecule is O=C1CN(C(=O)CN(Cc2ccc(Cl)cc2)C2CC2)CCN1. The molecule has 2 fully saturated rings. The highest BCUT2D eigenvalue weighted by Crippen LogP contribution is 2.28. The van der Waals surface area contributed by atoms with Crippen LogP contribution in [0.2, 0.25) is 5.02 Å². The second-order valence-corrected chi connectivity index (χ2v) is 6.36. The Morgan fingerprint density at radius 1 is 1.32 bits per heavy atom. The minimum absolute atomic E-state index is 0.0377. The van der Waals surface area contributed by atoms with Crippen molar-refractivity contribution in [1.82, 2.24) is 15.1 Å². The van der Waals surface area contributed by atoms with Gasteiger partial charge in [0.15, 0.2) is 0 Å². The zero-order chi connectivity index (χ0) is 15.5. The zero-order valence-electron chi connectivity index (χ0n) is 12.4. The monoisotopic (exact) mass is 321 g/mol. The Balaban J connectivity index is 1.60. The second-order valence-electron chi connectivity index (χ2n) is 5.93. The maximum atomic E-state index is 12.4. The third-order valence-electron chi connectivity index (χ3n) is 4.09. The average molecular weight is 322 g/mol. The summed E-state index contributed by atoms with van der Waals surface area (Å²) in [5, 5.41) is 3.46. The molecule has 6 heteroatoms. The quantitative estimate of drug-likeness (QED) is 0.888. The van der Waals surface area contributed by atoms with Gasteiger partial charge in [0, 0.05) is 30.7 Å². The Labute approximate surface area is 135 Å². The highest BCUT2D eigenvalue weighted by atomic mass is 35.5. The topological polar surface area (TPSA) is 52.7 Å². The maximum absolute atomic E-state index is 12.4. The molecule has 1 saturated carbocycles. The number of nitrogens with zero attached hydrogens (tertiary/aromatic N) is 2. The minimum Gasteiger partial charge on any atom is -0.353 e. The first-order valence-electron chi connectivity index (χ1n) is 7.65. The fourth-order valence-electron chi connectivity index (χ4n) is 2.70. The Bertz CT molecular complexity index is 557.